The molecule has 0 bridgehead atoms. The van der Waals surface area contributed by atoms with Crippen LogP contribution in [0.2, 0.25) is 0 Å². The third-order valence-corrected chi connectivity index (χ3v) is 4.05. The summed E-state index contributed by atoms with van der Waals surface area (Å²) in [6, 6.07) is 5.95. The van der Waals surface area contributed by atoms with Crippen LogP contribution >= 0.6 is 0 Å². The van der Waals surface area contributed by atoms with E-state index in [1.807, 2.05) is 19.1 Å². The fourth-order valence-electron chi connectivity index (χ4n) is 2.78. The van der Waals surface area contributed by atoms with Gasteiger partial charge >= 0.3 is 0 Å². The minimum atomic E-state index is 0.398. The number of pyridine rings is 1. The molecule has 0 aliphatic carbocycles. The second kappa shape index (κ2) is 7.05. The largest absolute Gasteiger partial charge is 0.493 e. The maximum Gasteiger partial charge on any atom is 0.183 e. The van der Waals surface area contributed by atoms with Gasteiger partial charge in [0.15, 0.2) is 11.5 Å². The number of anilines is 1. The van der Waals surface area contributed by atoms with Crippen molar-refractivity contribution < 1.29 is 4.74 Å². The Morgan fingerprint density at radius 3 is 2.74 bits per heavy atom. The first-order chi connectivity index (χ1) is 11.3. The Balaban J connectivity index is 1.53. The van der Waals surface area contributed by atoms with Gasteiger partial charge in [-0.25, -0.2) is 9.97 Å². The maximum absolute atomic E-state index is 9.13. The molecule has 0 unspecified atom stereocenters. The molecule has 0 atom stereocenters. The number of hydrogen-bond donors (Lipinski definition) is 0. The molecule has 0 aromatic carbocycles. The van der Waals surface area contributed by atoms with E-state index in [9.17, 15) is 0 Å². The summed E-state index contributed by atoms with van der Waals surface area (Å²) in [5.74, 6) is 2.08. The second-order valence-electron chi connectivity index (χ2n) is 5.71. The average molecular weight is 309 g/mol. The van der Waals surface area contributed by atoms with Gasteiger partial charge in [0.25, 0.3) is 0 Å². The fraction of sp³-hybridized carbons (Fsp3) is 0.412. The summed E-state index contributed by atoms with van der Waals surface area (Å²) in [5.41, 5.74) is 1.36. The lowest BCUT2D eigenvalue weighted by Gasteiger charge is -2.32. The van der Waals surface area contributed by atoms with Gasteiger partial charge in [0, 0.05) is 43.4 Å². The number of aryl methyl sites for hydroxylation is 1. The molecular formula is C17H19N5O. The lowest BCUT2D eigenvalue weighted by atomic mass is 9.97. The lowest BCUT2D eigenvalue weighted by molar-refractivity contribution is 0.222. The molecule has 3 heterocycles. The zero-order valence-electron chi connectivity index (χ0n) is 13.1. The smallest absolute Gasteiger partial charge is 0.183 e. The van der Waals surface area contributed by atoms with E-state index in [-0.39, 0.29) is 0 Å². The van der Waals surface area contributed by atoms with Crippen molar-refractivity contribution in [1.82, 2.24) is 15.0 Å². The first-order valence-corrected chi connectivity index (χ1v) is 7.78. The van der Waals surface area contributed by atoms with Crippen LogP contribution < -0.4 is 9.64 Å². The van der Waals surface area contributed by atoms with Crippen LogP contribution in [0.15, 0.2) is 30.7 Å². The molecule has 6 heteroatoms. The lowest BCUT2D eigenvalue weighted by Crippen LogP contribution is -2.36. The Morgan fingerprint density at radius 2 is 2.00 bits per heavy atom. The van der Waals surface area contributed by atoms with Crippen LogP contribution in [0.1, 0.15) is 24.2 Å². The molecular weight excluding hydrogens is 290 g/mol. The van der Waals surface area contributed by atoms with E-state index in [1.165, 1.54) is 0 Å². The summed E-state index contributed by atoms with van der Waals surface area (Å²) in [7, 11) is 0. The van der Waals surface area contributed by atoms with Gasteiger partial charge < -0.3 is 9.64 Å². The van der Waals surface area contributed by atoms with Crippen LogP contribution in [0.4, 0.5) is 5.82 Å². The summed E-state index contributed by atoms with van der Waals surface area (Å²) in [4.78, 5) is 14.7. The van der Waals surface area contributed by atoms with E-state index < -0.39 is 0 Å². The topological polar surface area (TPSA) is 74.9 Å². The number of piperidine rings is 1. The Hall–Kier alpha value is -2.68. The average Bonchev–Trinajstić information content (AvgIpc) is 2.60. The molecule has 23 heavy (non-hydrogen) atoms. The van der Waals surface area contributed by atoms with Gasteiger partial charge in [-0.3, -0.25) is 4.98 Å². The Kier molecular flexibility index (Phi) is 4.67. The van der Waals surface area contributed by atoms with Crippen LogP contribution in [-0.4, -0.2) is 34.6 Å². The van der Waals surface area contributed by atoms with E-state index in [4.69, 9.17) is 10.00 Å². The van der Waals surface area contributed by atoms with Crippen LogP contribution in [0.25, 0.3) is 0 Å². The molecule has 0 saturated carbocycles. The van der Waals surface area contributed by atoms with E-state index in [1.54, 1.807) is 18.6 Å². The molecule has 1 aliphatic heterocycles. The van der Waals surface area contributed by atoms with Crippen molar-refractivity contribution in [2.45, 2.75) is 19.8 Å². The number of rotatable bonds is 4. The molecule has 0 amide bonds. The molecule has 3 rings (SSSR count). The molecule has 1 saturated heterocycles. The quantitative estimate of drug-likeness (QED) is 0.863. The van der Waals surface area contributed by atoms with Crippen molar-refractivity contribution in [1.29, 1.82) is 5.26 Å². The third-order valence-electron chi connectivity index (χ3n) is 4.05. The summed E-state index contributed by atoms with van der Waals surface area (Å²) in [5, 5.41) is 9.13. The summed E-state index contributed by atoms with van der Waals surface area (Å²) < 4.78 is 5.87. The van der Waals surface area contributed by atoms with E-state index in [0.717, 1.165) is 37.4 Å². The SMILES string of the molecule is Cc1cc(OCC2CCN(c3nccnc3C#N)CC2)ccn1. The monoisotopic (exact) mass is 309 g/mol. The number of nitriles is 1. The van der Waals surface area contributed by atoms with E-state index >= 15 is 0 Å². The zero-order chi connectivity index (χ0) is 16.1. The summed E-state index contributed by atoms with van der Waals surface area (Å²) >= 11 is 0. The summed E-state index contributed by atoms with van der Waals surface area (Å²) in [6.07, 6.45) is 7.00. The molecule has 2 aromatic rings. The van der Waals surface area contributed by atoms with E-state index in [2.05, 4.69) is 25.9 Å². The highest BCUT2D eigenvalue weighted by molar-refractivity contribution is 5.49. The van der Waals surface area contributed by atoms with Crippen molar-refractivity contribution in [3.05, 3.63) is 42.1 Å². The molecule has 2 aromatic heterocycles. The highest BCUT2D eigenvalue weighted by atomic mass is 16.5. The van der Waals surface area contributed by atoms with Crippen molar-refractivity contribution in [2.24, 2.45) is 5.92 Å². The maximum atomic E-state index is 9.13. The minimum absolute atomic E-state index is 0.398. The van der Waals surface area contributed by atoms with Gasteiger partial charge in [0.2, 0.25) is 0 Å². The highest BCUT2D eigenvalue weighted by Crippen LogP contribution is 2.24. The number of nitrogens with zero attached hydrogens (tertiary/aromatic N) is 5. The predicted octanol–water partition coefficient (Wildman–Crippen LogP) is 2.35. The molecule has 1 fully saturated rings. The van der Waals surface area contributed by atoms with Crippen LogP contribution in [-0.2, 0) is 0 Å². The number of hydrogen-bond acceptors (Lipinski definition) is 6. The fourth-order valence-corrected chi connectivity index (χ4v) is 2.78. The second-order valence-corrected chi connectivity index (χ2v) is 5.71. The van der Waals surface area contributed by atoms with Gasteiger partial charge in [0.05, 0.1) is 6.61 Å². The molecule has 0 N–H and O–H groups in total. The normalized spacial score (nSPS) is 15.2. The van der Waals surface area contributed by atoms with Crippen LogP contribution in [0.3, 0.4) is 0 Å². The van der Waals surface area contributed by atoms with Gasteiger partial charge in [-0.2, -0.15) is 5.26 Å². The predicted molar refractivity (Wildman–Crippen MR) is 86.2 cm³/mol. The van der Waals surface area contributed by atoms with Crippen LogP contribution in [0.5, 0.6) is 5.75 Å². The zero-order valence-corrected chi connectivity index (χ0v) is 13.1. The molecule has 0 spiro atoms. The minimum Gasteiger partial charge on any atom is -0.493 e. The number of ether oxygens (including phenoxy) is 1. The first kappa shape index (κ1) is 15.2. The molecule has 1 aliphatic rings. The third kappa shape index (κ3) is 3.75. The van der Waals surface area contributed by atoms with Crippen molar-refractivity contribution in [3.8, 4) is 11.8 Å². The Bertz CT molecular complexity index is 704. The highest BCUT2D eigenvalue weighted by Gasteiger charge is 2.22. The molecule has 0 radical (unpaired) electrons. The van der Waals surface area contributed by atoms with Crippen LogP contribution in [0, 0.1) is 24.2 Å². The first-order valence-electron chi connectivity index (χ1n) is 7.78. The van der Waals surface area contributed by atoms with E-state index in [0.29, 0.717) is 24.0 Å². The molecule has 6 nitrogen and oxygen atoms in total. The van der Waals surface area contributed by atoms with Crippen molar-refractivity contribution >= 4 is 5.82 Å². The van der Waals surface area contributed by atoms with Gasteiger partial charge in [-0.15, -0.1) is 0 Å². The van der Waals surface area contributed by atoms with Gasteiger partial charge in [-0.1, -0.05) is 0 Å². The number of aromatic nitrogens is 3. The van der Waals surface area contributed by atoms with Gasteiger partial charge in [0.1, 0.15) is 11.8 Å². The Labute approximate surface area is 135 Å². The van der Waals surface area contributed by atoms with Crippen molar-refractivity contribution in [2.75, 3.05) is 24.6 Å². The molecule has 118 valence electrons. The van der Waals surface area contributed by atoms with Crippen molar-refractivity contribution in [3.63, 3.8) is 0 Å². The standard InChI is InChI=1S/C17H19N5O/c1-13-10-15(2-5-19-13)23-12-14-3-8-22(9-4-14)17-16(11-18)20-6-7-21-17/h2,5-7,10,14H,3-4,8-9,12H2,1H3. The Morgan fingerprint density at radius 1 is 1.22 bits per heavy atom. The van der Waals surface area contributed by atoms with Gasteiger partial charge in [-0.05, 0) is 31.7 Å². The summed E-state index contributed by atoms with van der Waals surface area (Å²) in [6.45, 7) is 4.41.